The van der Waals surface area contributed by atoms with E-state index in [-0.39, 0.29) is 30.2 Å². The molecule has 0 saturated heterocycles. The molecule has 0 spiro atoms. The van der Waals surface area contributed by atoms with Gasteiger partial charge in [0.15, 0.2) is 11.5 Å². The Bertz CT molecular complexity index is 1040. The zero-order valence-electron chi connectivity index (χ0n) is 18.7. The maximum atomic E-state index is 13.7. The van der Waals surface area contributed by atoms with E-state index in [9.17, 15) is 31.5 Å². The molecular formula is C22H22F5NO6. The van der Waals surface area contributed by atoms with Gasteiger partial charge in [-0.05, 0) is 38.5 Å². The Morgan fingerprint density at radius 2 is 1.50 bits per heavy atom. The minimum atomic E-state index is -2.36. The van der Waals surface area contributed by atoms with Crippen molar-refractivity contribution in [1.29, 1.82) is 0 Å². The lowest BCUT2D eigenvalue weighted by Gasteiger charge is -2.19. The number of halogens is 5. The standard InChI is InChI=1S/C22H22F5NO6/c1-22(2,3)34-21(30)28-7-8-32-12-6-5-11(9-13(12)31-4)10-14(29)33-20-18(26)16(24)15(23)17(25)19(20)27/h5-6,9H,7-8,10H2,1-4H3,(H,28,30). The zero-order valence-corrected chi connectivity index (χ0v) is 18.7. The summed E-state index contributed by atoms with van der Waals surface area (Å²) < 4.78 is 87.1. The van der Waals surface area contributed by atoms with Gasteiger partial charge < -0.3 is 24.3 Å². The van der Waals surface area contributed by atoms with Crippen LogP contribution in [0.25, 0.3) is 0 Å². The molecule has 1 N–H and O–H groups in total. The van der Waals surface area contributed by atoms with Gasteiger partial charge in [-0.1, -0.05) is 6.07 Å². The van der Waals surface area contributed by atoms with Crippen LogP contribution in [-0.2, 0) is 16.0 Å². The smallest absolute Gasteiger partial charge is 0.407 e. The highest BCUT2D eigenvalue weighted by atomic mass is 19.2. The summed E-state index contributed by atoms with van der Waals surface area (Å²) in [4.78, 5) is 23.6. The number of hydrogen-bond acceptors (Lipinski definition) is 6. The van der Waals surface area contributed by atoms with Gasteiger partial charge in [-0.15, -0.1) is 0 Å². The minimum Gasteiger partial charge on any atom is -0.493 e. The van der Waals surface area contributed by atoms with Gasteiger partial charge in [0, 0.05) is 0 Å². The van der Waals surface area contributed by atoms with Gasteiger partial charge in [0.25, 0.3) is 0 Å². The molecule has 0 atom stereocenters. The van der Waals surface area contributed by atoms with Crippen molar-refractivity contribution in [3.8, 4) is 17.2 Å². The highest BCUT2D eigenvalue weighted by molar-refractivity contribution is 5.75. The number of hydrogen-bond donors (Lipinski definition) is 1. The third-order valence-electron chi connectivity index (χ3n) is 3.99. The van der Waals surface area contributed by atoms with E-state index in [1.807, 2.05) is 0 Å². The van der Waals surface area contributed by atoms with Gasteiger partial charge in [0.05, 0.1) is 20.1 Å². The molecule has 0 aliphatic carbocycles. The second-order valence-corrected chi connectivity index (χ2v) is 7.81. The second-order valence-electron chi connectivity index (χ2n) is 7.81. The van der Waals surface area contributed by atoms with E-state index in [4.69, 9.17) is 14.2 Å². The van der Waals surface area contributed by atoms with Gasteiger partial charge in [0.2, 0.25) is 34.8 Å². The Morgan fingerprint density at radius 3 is 2.06 bits per heavy atom. The van der Waals surface area contributed by atoms with Crippen molar-refractivity contribution >= 4 is 12.1 Å². The van der Waals surface area contributed by atoms with Crippen LogP contribution >= 0.6 is 0 Å². The van der Waals surface area contributed by atoms with E-state index < -0.39 is 58.9 Å². The van der Waals surface area contributed by atoms with Gasteiger partial charge >= 0.3 is 12.1 Å². The minimum absolute atomic E-state index is 0.0528. The quantitative estimate of drug-likeness (QED) is 0.147. The lowest BCUT2D eigenvalue weighted by atomic mass is 10.1. The summed E-state index contributed by atoms with van der Waals surface area (Å²) in [5.41, 5.74) is -0.410. The van der Waals surface area contributed by atoms with E-state index in [0.29, 0.717) is 0 Å². The second kappa shape index (κ2) is 11.0. The molecule has 1 amide bonds. The molecule has 186 valence electrons. The highest BCUT2D eigenvalue weighted by Gasteiger charge is 2.28. The number of benzene rings is 2. The molecule has 0 saturated carbocycles. The van der Waals surface area contributed by atoms with Gasteiger partial charge in [-0.25, -0.2) is 18.0 Å². The summed E-state index contributed by atoms with van der Waals surface area (Å²) in [5, 5.41) is 2.50. The first-order chi connectivity index (χ1) is 15.8. The Labute approximate surface area is 191 Å². The van der Waals surface area contributed by atoms with Crippen LogP contribution in [0, 0.1) is 29.1 Å². The molecule has 2 rings (SSSR count). The normalized spacial score (nSPS) is 11.1. The Balaban J connectivity index is 2.00. The molecule has 0 aromatic heterocycles. The van der Waals surface area contributed by atoms with Crippen LogP contribution in [0.2, 0.25) is 0 Å². The summed E-state index contributed by atoms with van der Waals surface area (Å²) in [5.74, 6) is -13.9. The fourth-order valence-corrected chi connectivity index (χ4v) is 2.56. The zero-order chi connectivity index (χ0) is 25.6. The molecule has 12 heteroatoms. The third kappa shape index (κ3) is 6.96. The first-order valence-corrected chi connectivity index (χ1v) is 9.82. The molecular weight excluding hydrogens is 469 g/mol. The number of nitrogens with one attached hydrogen (secondary N) is 1. The van der Waals surface area contributed by atoms with Gasteiger partial charge in [0.1, 0.15) is 12.2 Å². The van der Waals surface area contributed by atoms with Gasteiger partial charge in [-0.3, -0.25) is 4.79 Å². The van der Waals surface area contributed by atoms with Crippen molar-refractivity contribution in [2.75, 3.05) is 20.3 Å². The number of ether oxygens (including phenoxy) is 4. The molecule has 0 heterocycles. The molecule has 2 aromatic carbocycles. The molecule has 0 fully saturated rings. The summed E-state index contributed by atoms with van der Waals surface area (Å²) in [7, 11) is 1.32. The summed E-state index contributed by atoms with van der Waals surface area (Å²) in [6, 6.07) is 4.18. The Morgan fingerprint density at radius 1 is 0.912 bits per heavy atom. The summed E-state index contributed by atoms with van der Waals surface area (Å²) in [6.07, 6.45) is -1.19. The van der Waals surface area contributed by atoms with E-state index >= 15 is 0 Å². The molecule has 0 aliphatic heterocycles. The fourth-order valence-electron chi connectivity index (χ4n) is 2.56. The SMILES string of the molecule is COc1cc(CC(=O)Oc2c(F)c(F)c(F)c(F)c2F)ccc1OCCNC(=O)OC(C)(C)C. The van der Waals surface area contributed by atoms with Crippen molar-refractivity contribution < 1.29 is 50.5 Å². The molecule has 0 aliphatic rings. The Kier molecular flexibility index (Phi) is 8.66. The molecule has 0 radical (unpaired) electrons. The van der Waals surface area contributed by atoms with Crippen LogP contribution < -0.4 is 19.5 Å². The molecule has 2 aromatic rings. The third-order valence-corrected chi connectivity index (χ3v) is 3.99. The van der Waals surface area contributed by atoms with Crippen molar-refractivity contribution in [1.82, 2.24) is 5.32 Å². The monoisotopic (exact) mass is 491 g/mol. The van der Waals surface area contributed by atoms with E-state index in [2.05, 4.69) is 10.1 Å². The van der Waals surface area contributed by atoms with Crippen molar-refractivity contribution in [2.45, 2.75) is 32.8 Å². The fraction of sp³-hybridized carbons (Fsp3) is 0.364. The first-order valence-electron chi connectivity index (χ1n) is 9.82. The number of esters is 1. The maximum Gasteiger partial charge on any atom is 0.407 e. The lowest BCUT2D eigenvalue weighted by Crippen LogP contribution is -2.34. The van der Waals surface area contributed by atoms with Crippen molar-refractivity contribution in [3.63, 3.8) is 0 Å². The average Bonchev–Trinajstić information content (AvgIpc) is 2.76. The molecule has 7 nitrogen and oxygen atoms in total. The average molecular weight is 491 g/mol. The number of carbonyl (C=O) groups excluding carboxylic acids is 2. The van der Waals surface area contributed by atoms with E-state index in [0.717, 1.165) is 0 Å². The molecule has 34 heavy (non-hydrogen) atoms. The van der Waals surface area contributed by atoms with Crippen LogP contribution in [0.4, 0.5) is 26.7 Å². The van der Waals surface area contributed by atoms with E-state index in [1.54, 1.807) is 20.8 Å². The Hall–Kier alpha value is -3.57. The van der Waals surface area contributed by atoms with Crippen LogP contribution in [0.5, 0.6) is 17.2 Å². The van der Waals surface area contributed by atoms with Crippen molar-refractivity contribution in [3.05, 3.63) is 52.8 Å². The topological polar surface area (TPSA) is 83.1 Å². The first kappa shape index (κ1) is 26.7. The summed E-state index contributed by atoms with van der Waals surface area (Å²) in [6.45, 7) is 5.32. The summed E-state index contributed by atoms with van der Waals surface area (Å²) >= 11 is 0. The van der Waals surface area contributed by atoms with E-state index in [1.165, 1.54) is 25.3 Å². The van der Waals surface area contributed by atoms with Crippen LogP contribution in [-0.4, -0.2) is 37.9 Å². The number of alkyl carbamates (subject to hydrolysis) is 1. The molecule has 0 bridgehead atoms. The predicted octanol–water partition coefficient (Wildman–Crippen LogP) is 4.44. The van der Waals surface area contributed by atoms with Crippen LogP contribution in [0.3, 0.4) is 0 Å². The van der Waals surface area contributed by atoms with Crippen LogP contribution in [0.1, 0.15) is 26.3 Å². The number of carbonyl (C=O) groups is 2. The maximum absolute atomic E-state index is 13.7. The van der Waals surface area contributed by atoms with Crippen molar-refractivity contribution in [2.24, 2.45) is 0 Å². The predicted molar refractivity (Wildman–Crippen MR) is 108 cm³/mol. The van der Waals surface area contributed by atoms with Gasteiger partial charge in [-0.2, -0.15) is 8.78 Å². The largest absolute Gasteiger partial charge is 0.493 e. The lowest BCUT2D eigenvalue weighted by molar-refractivity contribution is -0.134. The highest BCUT2D eigenvalue weighted by Crippen LogP contribution is 2.31. The number of amides is 1. The number of methoxy groups -OCH3 is 1. The molecule has 0 unspecified atom stereocenters. The number of rotatable bonds is 8. The van der Waals surface area contributed by atoms with Crippen LogP contribution in [0.15, 0.2) is 18.2 Å².